The molecule has 0 fully saturated rings. The van der Waals surface area contributed by atoms with Gasteiger partial charge in [0.2, 0.25) is 0 Å². The summed E-state index contributed by atoms with van der Waals surface area (Å²) >= 11 is 5.83. The zero-order chi connectivity index (χ0) is 20.0. The van der Waals surface area contributed by atoms with Gasteiger partial charge in [0.15, 0.2) is 18.5 Å². The third kappa shape index (κ3) is 6.07. The lowest BCUT2D eigenvalue weighted by molar-refractivity contribution is -0.155. The first-order valence-corrected chi connectivity index (χ1v) is 8.33. The van der Waals surface area contributed by atoms with E-state index in [1.165, 1.54) is 26.0 Å². The van der Waals surface area contributed by atoms with E-state index in [0.717, 1.165) is 12.1 Å². The molecule has 6 nitrogen and oxygen atoms in total. The lowest BCUT2D eigenvalue weighted by Crippen LogP contribution is -2.31. The van der Waals surface area contributed by atoms with Crippen LogP contribution in [0.5, 0.6) is 5.75 Å². The number of amides is 1. The summed E-state index contributed by atoms with van der Waals surface area (Å²) in [5, 5.41) is 2.47. The maximum absolute atomic E-state index is 13.0. The number of rotatable bonds is 7. The quantitative estimate of drug-likeness (QED) is 0.573. The Labute approximate surface area is 160 Å². The van der Waals surface area contributed by atoms with Crippen molar-refractivity contribution < 1.29 is 28.2 Å². The van der Waals surface area contributed by atoms with Gasteiger partial charge >= 0.3 is 5.97 Å². The molecule has 0 aliphatic rings. The minimum atomic E-state index is -1.12. The van der Waals surface area contributed by atoms with Crippen molar-refractivity contribution in [1.82, 2.24) is 0 Å². The van der Waals surface area contributed by atoms with Gasteiger partial charge in [-0.2, -0.15) is 0 Å². The Morgan fingerprint density at radius 2 is 1.93 bits per heavy atom. The summed E-state index contributed by atoms with van der Waals surface area (Å²) in [4.78, 5) is 35.2. The number of ketones is 1. The molecule has 0 heterocycles. The molecule has 8 heteroatoms. The number of nitrogens with one attached hydrogen (secondary N) is 1. The molecule has 1 N–H and O–H groups in total. The predicted molar refractivity (Wildman–Crippen MR) is 97.5 cm³/mol. The molecule has 0 aliphatic carbocycles. The second kappa shape index (κ2) is 9.14. The average Bonchev–Trinajstić information content (AvgIpc) is 2.62. The Morgan fingerprint density at radius 3 is 2.59 bits per heavy atom. The number of anilines is 1. The number of benzene rings is 2. The standard InChI is InChI=1S/C19H17ClFNO5/c1-11(23)13-4-3-5-15(8-13)26-10-18(24)27-12(2)19(25)22-17-7-6-14(21)9-16(17)20/h3-9,12H,10H2,1-2H3,(H,22,25)/t12-/m1/s1. The van der Waals surface area contributed by atoms with Gasteiger partial charge in [0.05, 0.1) is 10.7 Å². The van der Waals surface area contributed by atoms with Crippen LogP contribution in [0.25, 0.3) is 0 Å². The SMILES string of the molecule is CC(=O)c1cccc(OCC(=O)O[C@H](C)C(=O)Nc2ccc(F)cc2Cl)c1. The van der Waals surface area contributed by atoms with Crippen LogP contribution in [0.2, 0.25) is 5.02 Å². The molecule has 1 atom stereocenters. The summed E-state index contributed by atoms with van der Waals surface area (Å²) < 4.78 is 23.3. The molecule has 0 spiro atoms. The highest BCUT2D eigenvalue weighted by Crippen LogP contribution is 2.22. The van der Waals surface area contributed by atoms with Crippen molar-refractivity contribution in [2.45, 2.75) is 20.0 Å². The lowest BCUT2D eigenvalue weighted by atomic mass is 10.1. The van der Waals surface area contributed by atoms with Gasteiger partial charge < -0.3 is 14.8 Å². The Balaban J connectivity index is 1.86. The van der Waals surface area contributed by atoms with Gasteiger partial charge in [-0.05, 0) is 44.2 Å². The van der Waals surface area contributed by atoms with Gasteiger partial charge in [-0.25, -0.2) is 9.18 Å². The molecule has 2 rings (SSSR count). The van der Waals surface area contributed by atoms with E-state index in [2.05, 4.69) is 5.32 Å². The Bertz CT molecular complexity index is 871. The fourth-order valence-electron chi connectivity index (χ4n) is 2.06. The maximum Gasteiger partial charge on any atom is 0.344 e. The molecule has 27 heavy (non-hydrogen) atoms. The van der Waals surface area contributed by atoms with Crippen molar-refractivity contribution in [3.8, 4) is 5.75 Å². The Hall–Kier alpha value is -2.93. The fourth-order valence-corrected chi connectivity index (χ4v) is 2.27. The minimum Gasteiger partial charge on any atom is -0.482 e. The number of carbonyl (C=O) groups excluding carboxylic acids is 3. The summed E-state index contributed by atoms with van der Waals surface area (Å²) in [5.41, 5.74) is 0.646. The van der Waals surface area contributed by atoms with Crippen molar-refractivity contribution in [3.63, 3.8) is 0 Å². The molecule has 0 radical (unpaired) electrons. The highest BCUT2D eigenvalue weighted by atomic mass is 35.5. The first-order chi connectivity index (χ1) is 12.8. The number of esters is 1. The van der Waals surface area contributed by atoms with Crippen molar-refractivity contribution >= 4 is 34.9 Å². The fraction of sp³-hybridized carbons (Fsp3) is 0.211. The van der Waals surface area contributed by atoms with E-state index in [1.807, 2.05) is 0 Å². The topological polar surface area (TPSA) is 81.7 Å². The van der Waals surface area contributed by atoms with Crippen LogP contribution in [0.1, 0.15) is 24.2 Å². The summed E-state index contributed by atoms with van der Waals surface area (Å²) in [6, 6.07) is 9.84. The number of carbonyl (C=O) groups is 3. The molecular formula is C19H17ClFNO5. The van der Waals surface area contributed by atoms with E-state index in [0.29, 0.717) is 11.3 Å². The second-order valence-corrected chi connectivity index (χ2v) is 6.03. The molecule has 0 saturated heterocycles. The third-order valence-electron chi connectivity index (χ3n) is 3.46. The normalized spacial score (nSPS) is 11.4. The average molecular weight is 394 g/mol. The van der Waals surface area contributed by atoms with Crippen molar-refractivity contribution in [1.29, 1.82) is 0 Å². The van der Waals surface area contributed by atoms with Crippen molar-refractivity contribution in [3.05, 3.63) is 58.9 Å². The van der Waals surface area contributed by atoms with Gasteiger partial charge in [0.1, 0.15) is 11.6 Å². The number of ether oxygens (including phenoxy) is 2. The molecule has 0 bridgehead atoms. The van der Waals surface area contributed by atoms with Crippen LogP contribution in [0, 0.1) is 5.82 Å². The Kier molecular flexibility index (Phi) is 6.90. The summed E-state index contributed by atoms with van der Waals surface area (Å²) in [6.45, 7) is 2.36. The highest BCUT2D eigenvalue weighted by molar-refractivity contribution is 6.33. The number of halogens is 2. The van der Waals surface area contributed by atoms with Crippen LogP contribution in [0.3, 0.4) is 0 Å². The van der Waals surface area contributed by atoms with Crippen molar-refractivity contribution in [2.75, 3.05) is 11.9 Å². The lowest BCUT2D eigenvalue weighted by Gasteiger charge is -2.14. The molecular weight excluding hydrogens is 377 g/mol. The van der Waals surface area contributed by atoms with Gasteiger partial charge in [0, 0.05) is 5.56 Å². The molecule has 0 aromatic heterocycles. The zero-order valence-electron chi connectivity index (χ0n) is 14.6. The first kappa shape index (κ1) is 20.4. The molecule has 2 aromatic carbocycles. The second-order valence-electron chi connectivity index (χ2n) is 5.62. The molecule has 142 valence electrons. The zero-order valence-corrected chi connectivity index (χ0v) is 15.4. The monoisotopic (exact) mass is 393 g/mol. The van der Waals surface area contributed by atoms with E-state index in [9.17, 15) is 18.8 Å². The highest BCUT2D eigenvalue weighted by Gasteiger charge is 2.19. The molecule has 1 amide bonds. The molecule has 2 aromatic rings. The van der Waals surface area contributed by atoms with E-state index in [-0.39, 0.29) is 16.5 Å². The van der Waals surface area contributed by atoms with Gasteiger partial charge in [-0.1, -0.05) is 23.7 Å². The predicted octanol–water partition coefficient (Wildman–Crippen LogP) is 3.63. The van der Waals surface area contributed by atoms with Crippen LogP contribution in [0.4, 0.5) is 10.1 Å². The molecule has 0 unspecified atom stereocenters. The van der Waals surface area contributed by atoms with E-state index in [1.54, 1.807) is 18.2 Å². The minimum absolute atomic E-state index is 0.0237. The van der Waals surface area contributed by atoms with E-state index >= 15 is 0 Å². The largest absolute Gasteiger partial charge is 0.482 e. The van der Waals surface area contributed by atoms with Gasteiger partial charge in [-0.3, -0.25) is 9.59 Å². The van der Waals surface area contributed by atoms with Crippen LogP contribution >= 0.6 is 11.6 Å². The maximum atomic E-state index is 13.0. The molecule has 0 saturated carbocycles. The summed E-state index contributed by atoms with van der Waals surface area (Å²) in [6.07, 6.45) is -1.12. The van der Waals surface area contributed by atoms with Crippen LogP contribution in [-0.4, -0.2) is 30.4 Å². The Morgan fingerprint density at radius 1 is 1.19 bits per heavy atom. The smallest absolute Gasteiger partial charge is 0.344 e. The number of hydrogen-bond donors (Lipinski definition) is 1. The third-order valence-corrected chi connectivity index (χ3v) is 3.78. The van der Waals surface area contributed by atoms with Crippen LogP contribution < -0.4 is 10.1 Å². The van der Waals surface area contributed by atoms with Crippen LogP contribution in [-0.2, 0) is 14.3 Å². The molecule has 0 aliphatic heterocycles. The number of Topliss-reactive ketones (excluding diaryl/α,β-unsaturated/α-hetero) is 1. The van der Waals surface area contributed by atoms with E-state index in [4.69, 9.17) is 21.1 Å². The summed E-state index contributed by atoms with van der Waals surface area (Å²) in [5.74, 6) is -1.74. The van der Waals surface area contributed by atoms with E-state index < -0.39 is 30.4 Å². The first-order valence-electron chi connectivity index (χ1n) is 7.95. The van der Waals surface area contributed by atoms with Gasteiger partial charge in [0.25, 0.3) is 5.91 Å². The van der Waals surface area contributed by atoms with Gasteiger partial charge in [-0.15, -0.1) is 0 Å². The number of hydrogen-bond acceptors (Lipinski definition) is 5. The van der Waals surface area contributed by atoms with Crippen LogP contribution in [0.15, 0.2) is 42.5 Å². The van der Waals surface area contributed by atoms with Crippen molar-refractivity contribution in [2.24, 2.45) is 0 Å². The summed E-state index contributed by atoms with van der Waals surface area (Å²) in [7, 11) is 0.